The lowest BCUT2D eigenvalue weighted by Crippen LogP contribution is -2.26. The van der Waals surface area contributed by atoms with Gasteiger partial charge in [-0.2, -0.15) is 0 Å². The SMILES string of the molecule is COc1cc(C)nc(CNCCC(=O)N(C)C)c1. The Morgan fingerprint density at radius 3 is 2.78 bits per heavy atom. The molecule has 1 heterocycles. The fourth-order valence-electron chi connectivity index (χ4n) is 1.55. The largest absolute Gasteiger partial charge is 0.497 e. The number of pyridine rings is 1. The zero-order valence-corrected chi connectivity index (χ0v) is 11.5. The van der Waals surface area contributed by atoms with Crippen LogP contribution in [0.15, 0.2) is 12.1 Å². The van der Waals surface area contributed by atoms with Gasteiger partial charge in [0.15, 0.2) is 0 Å². The van der Waals surface area contributed by atoms with Crippen LogP contribution in [0, 0.1) is 6.92 Å². The maximum Gasteiger partial charge on any atom is 0.223 e. The molecule has 0 aliphatic heterocycles. The molecule has 0 aliphatic carbocycles. The molecule has 0 spiro atoms. The number of hydrogen-bond acceptors (Lipinski definition) is 4. The lowest BCUT2D eigenvalue weighted by atomic mass is 10.3. The van der Waals surface area contributed by atoms with Gasteiger partial charge in [0.05, 0.1) is 12.8 Å². The van der Waals surface area contributed by atoms with E-state index in [1.54, 1.807) is 26.1 Å². The Hall–Kier alpha value is -1.62. The first-order valence-corrected chi connectivity index (χ1v) is 5.95. The van der Waals surface area contributed by atoms with Crippen molar-refractivity contribution in [3.8, 4) is 5.75 Å². The van der Waals surface area contributed by atoms with Crippen molar-refractivity contribution in [3.63, 3.8) is 0 Å². The van der Waals surface area contributed by atoms with Crippen molar-refractivity contribution in [1.82, 2.24) is 15.2 Å². The van der Waals surface area contributed by atoms with Gasteiger partial charge in [-0.3, -0.25) is 9.78 Å². The number of nitrogens with one attached hydrogen (secondary N) is 1. The van der Waals surface area contributed by atoms with Gasteiger partial charge in [0.25, 0.3) is 0 Å². The van der Waals surface area contributed by atoms with Crippen LogP contribution in [-0.2, 0) is 11.3 Å². The molecule has 0 saturated carbocycles. The van der Waals surface area contributed by atoms with E-state index in [-0.39, 0.29) is 5.91 Å². The van der Waals surface area contributed by atoms with Crippen LogP contribution in [0.25, 0.3) is 0 Å². The van der Waals surface area contributed by atoms with Crippen LogP contribution in [0.3, 0.4) is 0 Å². The van der Waals surface area contributed by atoms with Gasteiger partial charge in [0, 0.05) is 51.4 Å². The van der Waals surface area contributed by atoms with Crippen LogP contribution in [0.5, 0.6) is 5.75 Å². The topological polar surface area (TPSA) is 54.5 Å². The highest BCUT2D eigenvalue weighted by Crippen LogP contribution is 2.12. The molecule has 0 bridgehead atoms. The third-order valence-corrected chi connectivity index (χ3v) is 2.54. The molecule has 1 aromatic rings. The number of aryl methyl sites for hydroxylation is 1. The Kier molecular flexibility index (Phi) is 5.58. The van der Waals surface area contributed by atoms with Gasteiger partial charge in [-0.15, -0.1) is 0 Å². The lowest BCUT2D eigenvalue weighted by Gasteiger charge is -2.11. The molecule has 5 nitrogen and oxygen atoms in total. The van der Waals surface area contributed by atoms with Gasteiger partial charge in [-0.25, -0.2) is 0 Å². The van der Waals surface area contributed by atoms with E-state index < -0.39 is 0 Å². The number of ether oxygens (including phenoxy) is 1. The number of methoxy groups -OCH3 is 1. The van der Waals surface area contributed by atoms with Gasteiger partial charge in [0.1, 0.15) is 5.75 Å². The van der Waals surface area contributed by atoms with E-state index in [4.69, 9.17) is 4.74 Å². The van der Waals surface area contributed by atoms with Gasteiger partial charge in [0.2, 0.25) is 5.91 Å². The van der Waals surface area contributed by atoms with Gasteiger partial charge in [-0.05, 0) is 6.92 Å². The molecule has 0 aliphatic rings. The molecule has 0 atom stereocenters. The molecular formula is C13H21N3O2. The second-order valence-electron chi connectivity index (χ2n) is 4.35. The molecule has 100 valence electrons. The summed E-state index contributed by atoms with van der Waals surface area (Å²) in [7, 11) is 5.16. The van der Waals surface area contributed by atoms with Crippen LogP contribution in [-0.4, -0.2) is 43.5 Å². The predicted molar refractivity (Wildman–Crippen MR) is 70.5 cm³/mol. The molecule has 1 N–H and O–H groups in total. The number of hydrogen-bond donors (Lipinski definition) is 1. The molecule has 0 unspecified atom stereocenters. The zero-order valence-electron chi connectivity index (χ0n) is 11.5. The fourth-order valence-corrected chi connectivity index (χ4v) is 1.55. The smallest absolute Gasteiger partial charge is 0.223 e. The van der Waals surface area contributed by atoms with Crippen LogP contribution in [0.1, 0.15) is 17.8 Å². The highest BCUT2D eigenvalue weighted by atomic mass is 16.5. The van der Waals surface area contributed by atoms with Crippen LogP contribution >= 0.6 is 0 Å². The molecule has 1 aromatic heterocycles. The van der Waals surface area contributed by atoms with Crippen LogP contribution in [0.2, 0.25) is 0 Å². The monoisotopic (exact) mass is 251 g/mol. The Balaban J connectivity index is 2.39. The zero-order chi connectivity index (χ0) is 13.5. The van der Waals surface area contributed by atoms with E-state index in [0.29, 0.717) is 19.5 Å². The number of rotatable bonds is 6. The minimum atomic E-state index is 0.122. The summed E-state index contributed by atoms with van der Waals surface area (Å²) in [6, 6.07) is 3.78. The van der Waals surface area contributed by atoms with E-state index in [0.717, 1.165) is 17.1 Å². The van der Waals surface area contributed by atoms with Crippen molar-refractivity contribution in [3.05, 3.63) is 23.5 Å². The van der Waals surface area contributed by atoms with E-state index in [2.05, 4.69) is 10.3 Å². The summed E-state index contributed by atoms with van der Waals surface area (Å²) in [5.74, 6) is 0.931. The van der Waals surface area contributed by atoms with Crippen molar-refractivity contribution < 1.29 is 9.53 Å². The molecule has 18 heavy (non-hydrogen) atoms. The number of carbonyl (C=O) groups is 1. The van der Waals surface area contributed by atoms with Crippen LogP contribution < -0.4 is 10.1 Å². The number of carbonyl (C=O) groups excluding carboxylic acids is 1. The standard InChI is InChI=1S/C13H21N3O2/c1-10-7-12(18-4)8-11(15-10)9-14-6-5-13(17)16(2)3/h7-8,14H,5-6,9H2,1-4H3. The number of amides is 1. The first kappa shape index (κ1) is 14.4. The molecule has 0 fully saturated rings. The molecule has 0 aromatic carbocycles. The average molecular weight is 251 g/mol. The quantitative estimate of drug-likeness (QED) is 0.765. The Bertz CT molecular complexity index is 405. The molecule has 0 saturated heterocycles. The Morgan fingerprint density at radius 2 is 2.17 bits per heavy atom. The second-order valence-corrected chi connectivity index (χ2v) is 4.35. The van der Waals surface area contributed by atoms with E-state index in [1.807, 2.05) is 19.1 Å². The number of aromatic nitrogens is 1. The molecule has 1 rings (SSSR count). The summed E-state index contributed by atoms with van der Waals surface area (Å²) in [5.41, 5.74) is 1.85. The van der Waals surface area contributed by atoms with Crippen molar-refractivity contribution in [1.29, 1.82) is 0 Å². The molecule has 0 radical (unpaired) electrons. The lowest BCUT2D eigenvalue weighted by molar-refractivity contribution is -0.128. The average Bonchev–Trinajstić information content (AvgIpc) is 2.33. The summed E-state index contributed by atoms with van der Waals surface area (Å²) in [6.45, 7) is 3.22. The fraction of sp³-hybridized carbons (Fsp3) is 0.538. The van der Waals surface area contributed by atoms with Gasteiger partial charge >= 0.3 is 0 Å². The minimum absolute atomic E-state index is 0.122. The summed E-state index contributed by atoms with van der Waals surface area (Å²) in [6.07, 6.45) is 0.496. The van der Waals surface area contributed by atoms with E-state index in [1.165, 1.54) is 0 Å². The molecule has 1 amide bonds. The summed E-state index contributed by atoms with van der Waals surface area (Å²) >= 11 is 0. The number of nitrogens with zero attached hydrogens (tertiary/aromatic N) is 2. The van der Waals surface area contributed by atoms with Crippen molar-refractivity contribution in [2.45, 2.75) is 19.9 Å². The van der Waals surface area contributed by atoms with Crippen LogP contribution in [0.4, 0.5) is 0 Å². The summed E-state index contributed by atoms with van der Waals surface area (Å²) < 4.78 is 5.18. The predicted octanol–water partition coefficient (Wildman–Crippen LogP) is 0.967. The first-order chi connectivity index (χ1) is 8.52. The highest BCUT2D eigenvalue weighted by molar-refractivity contribution is 5.75. The third kappa shape index (κ3) is 4.71. The maximum absolute atomic E-state index is 11.4. The summed E-state index contributed by atoms with van der Waals surface area (Å²) in [5, 5.41) is 3.20. The normalized spacial score (nSPS) is 10.2. The second kappa shape index (κ2) is 6.96. The minimum Gasteiger partial charge on any atom is -0.497 e. The van der Waals surface area contributed by atoms with Crippen molar-refractivity contribution in [2.24, 2.45) is 0 Å². The van der Waals surface area contributed by atoms with Crippen molar-refractivity contribution >= 4 is 5.91 Å². The van der Waals surface area contributed by atoms with Gasteiger partial charge < -0.3 is 15.0 Å². The third-order valence-electron chi connectivity index (χ3n) is 2.54. The maximum atomic E-state index is 11.4. The first-order valence-electron chi connectivity index (χ1n) is 5.95. The van der Waals surface area contributed by atoms with E-state index >= 15 is 0 Å². The highest BCUT2D eigenvalue weighted by Gasteiger charge is 2.04. The molecular weight excluding hydrogens is 230 g/mol. The summed E-state index contributed by atoms with van der Waals surface area (Å²) in [4.78, 5) is 17.3. The van der Waals surface area contributed by atoms with E-state index in [9.17, 15) is 4.79 Å². The Morgan fingerprint density at radius 1 is 1.44 bits per heavy atom. The van der Waals surface area contributed by atoms with Crippen molar-refractivity contribution in [2.75, 3.05) is 27.7 Å². The van der Waals surface area contributed by atoms with Gasteiger partial charge in [-0.1, -0.05) is 0 Å². The molecule has 5 heteroatoms. The Labute approximate surface area is 108 Å².